The lowest BCUT2D eigenvalue weighted by Crippen LogP contribution is -2.38. The molecule has 132 valence electrons. The summed E-state index contributed by atoms with van der Waals surface area (Å²) in [4.78, 5) is 26.1. The first-order valence-corrected chi connectivity index (χ1v) is 7.98. The van der Waals surface area contributed by atoms with Gasteiger partial charge in [-0.3, -0.25) is 9.59 Å². The molecule has 2 amide bonds. The minimum Gasteiger partial charge on any atom is -0.495 e. The number of halogens is 1. The number of nitrogens with zero attached hydrogens (tertiary/aromatic N) is 1. The highest BCUT2D eigenvalue weighted by Crippen LogP contribution is 2.22. The highest BCUT2D eigenvalue weighted by Gasteiger charge is 2.17. The summed E-state index contributed by atoms with van der Waals surface area (Å²) >= 11 is 0. The van der Waals surface area contributed by atoms with Gasteiger partial charge in [-0.25, -0.2) is 4.39 Å². The summed E-state index contributed by atoms with van der Waals surface area (Å²) in [5.41, 5.74) is 1.26. The zero-order valence-electron chi connectivity index (χ0n) is 14.3. The predicted molar refractivity (Wildman–Crippen MR) is 94.0 cm³/mol. The number of nitrogens with one attached hydrogen (secondary N) is 1. The van der Waals surface area contributed by atoms with Gasteiger partial charge in [0.15, 0.2) is 0 Å². The van der Waals surface area contributed by atoms with Crippen molar-refractivity contribution in [3.8, 4) is 5.75 Å². The predicted octanol–water partition coefficient (Wildman–Crippen LogP) is 2.86. The van der Waals surface area contributed by atoms with Gasteiger partial charge in [-0.15, -0.1) is 0 Å². The standard InChI is InChI=1S/C19H21FN2O3/c1-3-22(19(24)12-14-8-10-15(20)11-9-14)13-18(23)21-16-6-4-5-7-17(16)25-2/h4-11H,3,12-13H2,1-2H3,(H,21,23). The van der Waals surface area contributed by atoms with Crippen molar-refractivity contribution in [3.63, 3.8) is 0 Å². The molecule has 0 aliphatic rings. The molecule has 0 spiro atoms. The molecule has 5 nitrogen and oxygen atoms in total. The highest BCUT2D eigenvalue weighted by molar-refractivity contribution is 5.95. The van der Waals surface area contributed by atoms with Crippen LogP contribution in [0.5, 0.6) is 5.75 Å². The number of likely N-dealkylation sites (N-methyl/N-ethyl adjacent to an activating group) is 1. The third kappa shape index (κ3) is 5.31. The van der Waals surface area contributed by atoms with Crippen LogP contribution in [0.4, 0.5) is 10.1 Å². The van der Waals surface area contributed by atoms with E-state index < -0.39 is 0 Å². The maximum Gasteiger partial charge on any atom is 0.244 e. The van der Waals surface area contributed by atoms with E-state index in [4.69, 9.17) is 4.74 Å². The van der Waals surface area contributed by atoms with Crippen LogP contribution in [0.1, 0.15) is 12.5 Å². The third-order valence-corrected chi connectivity index (χ3v) is 3.72. The molecule has 0 aromatic heterocycles. The lowest BCUT2D eigenvalue weighted by molar-refractivity contribution is -0.133. The number of anilines is 1. The second-order valence-electron chi connectivity index (χ2n) is 5.46. The van der Waals surface area contributed by atoms with E-state index in [2.05, 4.69) is 5.32 Å². The van der Waals surface area contributed by atoms with Gasteiger partial charge in [-0.1, -0.05) is 24.3 Å². The fourth-order valence-corrected chi connectivity index (χ4v) is 2.38. The number of rotatable bonds is 7. The van der Waals surface area contributed by atoms with Crippen LogP contribution in [0.25, 0.3) is 0 Å². The summed E-state index contributed by atoms with van der Waals surface area (Å²) in [6, 6.07) is 12.8. The smallest absolute Gasteiger partial charge is 0.244 e. The van der Waals surface area contributed by atoms with Crippen molar-refractivity contribution < 1.29 is 18.7 Å². The van der Waals surface area contributed by atoms with E-state index in [0.29, 0.717) is 23.5 Å². The molecule has 25 heavy (non-hydrogen) atoms. The number of ether oxygens (including phenoxy) is 1. The van der Waals surface area contributed by atoms with E-state index in [1.807, 2.05) is 0 Å². The second kappa shape index (κ2) is 8.82. The normalized spacial score (nSPS) is 10.2. The SMILES string of the molecule is CCN(CC(=O)Nc1ccccc1OC)C(=O)Cc1ccc(F)cc1. The average molecular weight is 344 g/mol. The molecule has 0 radical (unpaired) electrons. The van der Waals surface area contributed by atoms with Gasteiger partial charge >= 0.3 is 0 Å². The Morgan fingerprint density at radius 2 is 1.80 bits per heavy atom. The van der Waals surface area contributed by atoms with Gasteiger partial charge < -0.3 is 15.0 Å². The molecule has 0 aliphatic carbocycles. The first kappa shape index (κ1) is 18.4. The Morgan fingerprint density at radius 3 is 2.44 bits per heavy atom. The highest BCUT2D eigenvalue weighted by atomic mass is 19.1. The van der Waals surface area contributed by atoms with Crippen LogP contribution in [0.3, 0.4) is 0 Å². The number of para-hydroxylation sites is 2. The molecule has 2 aromatic carbocycles. The summed E-state index contributed by atoms with van der Waals surface area (Å²) in [6.07, 6.45) is 0.121. The monoisotopic (exact) mass is 344 g/mol. The molecule has 1 N–H and O–H groups in total. The molecule has 0 bridgehead atoms. The average Bonchev–Trinajstić information content (AvgIpc) is 2.62. The van der Waals surface area contributed by atoms with Crippen molar-refractivity contribution in [1.29, 1.82) is 0 Å². The van der Waals surface area contributed by atoms with E-state index >= 15 is 0 Å². The molecular weight excluding hydrogens is 323 g/mol. The van der Waals surface area contributed by atoms with Gasteiger partial charge in [-0.2, -0.15) is 0 Å². The van der Waals surface area contributed by atoms with Gasteiger partial charge in [0, 0.05) is 6.54 Å². The molecule has 0 aliphatic heterocycles. The van der Waals surface area contributed by atoms with Gasteiger partial charge in [0.2, 0.25) is 11.8 Å². The van der Waals surface area contributed by atoms with Gasteiger partial charge in [0.25, 0.3) is 0 Å². The number of hydrogen-bond acceptors (Lipinski definition) is 3. The number of carbonyl (C=O) groups excluding carboxylic acids is 2. The Morgan fingerprint density at radius 1 is 1.12 bits per heavy atom. The van der Waals surface area contributed by atoms with Crippen molar-refractivity contribution in [1.82, 2.24) is 4.90 Å². The number of methoxy groups -OCH3 is 1. The third-order valence-electron chi connectivity index (χ3n) is 3.72. The Bertz CT molecular complexity index is 732. The number of hydrogen-bond donors (Lipinski definition) is 1. The van der Waals surface area contributed by atoms with Gasteiger partial charge in [-0.05, 0) is 36.8 Å². The molecule has 0 fully saturated rings. The van der Waals surface area contributed by atoms with Gasteiger partial charge in [0.05, 0.1) is 25.8 Å². The summed E-state index contributed by atoms with van der Waals surface area (Å²) in [6.45, 7) is 2.15. The number of benzene rings is 2. The van der Waals surface area contributed by atoms with E-state index in [1.165, 1.54) is 24.1 Å². The van der Waals surface area contributed by atoms with Crippen molar-refractivity contribution in [2.45, 2.75) is 13.3 Å². The topological polar surface area (TPSA) is 58.6 Å². The van der Waals surface area contributed by atoms with Crippen molar-refractivity contribution >= 4 is 17.5 Å². The molecule has 2 rings (SSSR count). The van der Waals surface area contributed by atoms with Crippen molar-refractivity contribution in [2.75, 3.05) is 25.5 Å². The quantitative estimate of drug-likeness (QED) is 0.840. The molecule has 6 heteroatoms. The Kier molecular flexibility index (Phi) is 6.51. The number of carbonyl (C=O) groups is 2. The molecule has 2 aromatic rings. The molecule has 0 unspecified atom stereocenters. The van der Waals surface area contributed by atoms with Gasteiger partial charge in [0.1, 0.15) is 11.6 Å². The maximum absolute atomic E-state index is 12.9. The zero-order valence-corrected chi connectivity index (χ0v) is 14.3. The molecule has 0 heterocycles. The second-order valence-corrected chi connectivity index (χ2v) is 5.46. The minimum absolute atomic E-state index is 0.0609. The van der Waals surface area contributed by atoms with Crippen LogP contribution >= 0.6 is 0 Å². The Balaban J connectivity index is 1.96. The van der Waals surface area contributed by atoms with E-state index in [1.54, 1.807) is 43.3 Å². The summed E-state index contributed by atoms with van der Waals surface area (Å²) in [7, 11) is 1.52. The molecule has 0 saturated carbocycles. The summed E-state index contributed by atoms with van der Waals surface area (Å²) in [5, 5.41) is 2.75. The lowest BCUT2D eigenvalue weighted by atomic mass is 10.1. The Labute approximate surface area is 146 Å². The first-order valence-electron chi connectivity index (χ1n) is 7.98. The number of amides is 2. The van der Waals surface area contributed by atoms with Crippen LogP contribution < -0.4 is 10.1 Å². The van der Waals surface area contributed by atoms with Crippen LogP contribution in [0.15, 0.2) is 48.5 Å². The molecule has 0 atom stereocenters. The van der Waals surface area contributed by atoms with Crippen molar-refractivity contribution in [2.24, 2.45) is 0 Å². The summed E-state index contributed by atoms with van der Waals surface area (Å²) < 4.78 is 18.1. The van der Waals surface area contributed by atoms with Crippen LogP contribution in [0, 0.1) is 5.82 Å². The van der Waals surface area contributed by atoms with Crippen molar-refractivity contribution in [3.05, 3.63) is 59.9 Å². The van der Waals surface area contributed by atoms with E-state index in [0.717, 1.165) is 0 Å². The zero-order chi connectivity index (χ0) is 18.2. The maximum atomic E-state index is 12.9. The fourth-order valence-electron chi connectivity index (χ4n) is 2.38. The van der Waals surface area contributed by atoms with Crippen LogP contribution in [-0.2, 0) is 16.0 Å². The Hall–Kier alpha value is -2.89. The first-order chi connectivity index (χ1) is 12.0. The molecular formula is C19H21FN2O3. The molecule has 0 saturated heterocycles. The van der Waals surface area contributed by atoms with Crippen LogP contribution in [0.2, 0.25) is 0 Å². The summed E-state index contributed by atoms with van der Waals surface area (Å²) in [5.74, 6) is -0.292. The fraction of sp³-hybridized carbons (Fsp3) is 0.263. The van der Waals surface area contributed by atoms with E-state index in [9.17, 15) is 14.0 Å². The minimum atomic E-state index is -0.347. The largest absolute Gasteiger partial charge is 0.495 e. The van der Waals surface area contributed by atoms with Crippen LogP contribution in [-0.4, -0.2) is 36.9 Å². The van der Waals surface area contributed by atoms with E-state index in [-0.39, 0.29) is 30.6 Å². The lowest BCUT2D eigenvalue weighted by Gasteiger charge is -2.21.